The van der Waals surface area contributed by atoms with Crippen LogP contribution in [-0.4, -0.2) is 17.4 Å². The molecule has 0 amide bonds. The zero-order valence-corrected chi connectivity index (χ0v) is 11.0. The van der Waals surface area contributed by atoms with Crippen molar-refractivity contribution in [1.29, 1.82) is 0 Å². The van der Waals surface area contributed by atoms with Gasteiger partial charge in [-0.1, -0.05) is 26.7 Å². The van der Waals surface area contributed by atoms with E-state index in [9.17, 15) is 9.59 Å². The van der Waals surface area contributed by atoms with Gasteiger partial charge in [0.05, 0.1) is 4.88 Å². The predicted molar refractivity (Wildman–Crippen MR) is 69.2 cm³/mol. The number of hydrogen-bond acceptors (Lipinski definition) is 3. The number of aromatic carboxylic acids is 1. The van der Waals surface area contributed by atoms with Crippen molar-refractivity contribution in [3.05, 3.63) is 21.4 Å². The molecule has 17 heavy (non-hydrogen) atoms. The lowest BCUT2D eigenvalue weighted by Gasteiger charge is -2.14. The lowest BCUT2D eigenvalue weighted by atomic mass is 9.90. The second-order valence-corrected chi connectivity index (χ2v) is 5.21. The van der Waals surface area contributed by atoms with Crippen LogP contribution in [0.3, 0.4) is 0 Å². The number of carboxylic acids is 1. The summed E-state index contributed by atoms with van der Waals surface area (Å²) in [5.74, 6) is -0.656. The van der Waals surface area contributed by atoms with Crippen LogP contribution >= 0.6 is 11.3 Å². The summed E-state index contributed by atoms with van der Waals surface area (Å²) in [5, 5.41) is 9.15. The van der Waals surface area contributed by atoms with Crippen LogP contribution in [-0.2, 0) is 0 Å². The highest BCUT2D eigenvalue weighted by molar-refractivity contribution is 7.15. The molecule has 94 valence electrons. The molecule has 0 aliphatic rings. The van der Waals surface area contributed by atoms with E-state index in [1.165, 1.54) is 0 Å². The first-order valence-electron chi connectivity index (χ1n) is 5.96. The molecule has 1 N–H and O–H groups in total. The van der Waals surface area contributed by atoms with E-state index in [0.29, 0.717) is 9.75 Å². The SMILES string of the molecule is CCCC(CCC)c1cc(C=O)sc1C(=O)O. The zero-order chi connectivity index (χ0) is 12.8. The van der Waals surface area contributed by atoms with Gasteiger partial charge in [0.15, 0.2) is 6.29 Å². The number of carboxylic acid groups (broad SMARTS) is 1. The Balaban J connectivity index is 3.10. The lowest BCUT2D eigenvalue weighted by Crippen LogP contribution is -2.04. The van der Waals surface area contributed by atoms with E-state index in [1.807, 2.05) is 0 Å². The van der Waals surface area contributed by atoms with Crippen molar-refractivity contribution in [3.63, 3.8) is 0 Å². The Hall–Kier alpha value is -1.16. The van der Waals surface area contributed by atoms with Crippen LogP contribution in [0.15, 0.2) is 6.07 Å². The van der Waals surface area contributed by atoms with Crippen molar-refractivity contribution in [2.24, 2.45) is 0 Å². The summed E-state index contributed by atoms with van der Waals surface area (Å²) in [6, 6.07) is 1.75. The molecule has 0 saturated heterocycles. The number of carbonyl (C=O) groups excluding carboxylic acids is 1. The van der Waals surface area contributed by atoms with Gasteiger partial charge < -0.3 is 5.11 Å². The molecule has 1 heterocycles. The summed E-state index contributed by atoms with van der Waals surface area (Å²) in [6.45, 7) is 4.19. The van der Waals surface area contributed by atoms with E-state index in [0.717, 1.165) is 48.9 Å². The molecule has 0 atom stereocenters. The normalized spacial score (nSPS) is 10.8. The number of rotatable bonds is 7. The number of thiophene rings is 1. The van der Waals surface area contributed by atoms with Crippen molar-refractivity contribution < 1.29 is 14.7 Å². The monoisotopic (exact) mass is 254 g/mol. The van der Waals surface area contributed by atoms with E-state index < -0.39 is 5.97 Å². The van der Waals surface area contributed by atoms with Crippen LogP contribution in [0.25, 0.3) is 0 Å². The topological polar surface area (TPSA) is 54.4 Å². The smallest absolute Gasteiger partial charge is 0.346 e. The van der Waals surface area contributed by atoms with Gasteiger partial charge >= 0.3 is 5.97 Å². The Bertz CT molecular complexity index is 389. The minimum Gasteiger partial charge on any atom is -0.477 e. The fraction of sp³-hybridized carbons (Fsp3) is 0.538. The van der Waals surface area contributed by atoms with Crippen molar-refractivity contribution in [2.75, 3.05) is 0 Å². The molecule has 0 aromatic carbocycles. The van der Waals surface area contributed by atoms with E-state index >= 15 is 0 Å². The average Bonchev–Trinajstić information content (AvgIpc) is 2.72. The number of aldehydes is 1. The maximum atomic E-state index is 11.2. The van der Waals surface area contributed by atoms with E-state index in [1.54, 1.807) is 6.07 Å². The van der Waals surface area contributed by atoms with Gasteiger partial charge in [0.1, 0.15) is 4.88 Å². The highest BCUT2D eigenvalue weighted by Gasteiger charge is 2.21. The third-order valence-corrected chi connectivity index (χ3v) is 3.87. The molecule has 0 radical (unpaired) electrons. The Morgan fingerprint density at radius 2 is 2.00 bits per heavy atom. The van der Waals surface area contributed by atoms with E-state index in [-0.39, 0.29) is 5.92 Å². The second kappa shape index (κ2) is 6.55. The van der Waals surface area contributed by atoms with Gasteiger partial charge in [0.2, 0.25) is 0 Å². The molecule has 1 aromatic rings. The Morgan fingerprint density at radius 1 is 1.41 bits per heavy atom. The van der Waals surface area contributed by atoms with Gasteiger partial charge in [-0.25, -0.2) is 4.79 Å². The Kier molecular flexibility index (Phi) is 5.35. The quantitative estimate of drug-likeness (QED) is 0.750. The maximum Gasteiger partial charge on any atom is 0.346 e. The third-order valence-electron chi connectivity index (χ3n) is 2.80. The summed E-state index contributed by atoms with van der Waals surface area (Å²) >= 11 is 1.08. The molecule has 0 fully saturated rings. The minimum atomic E-state index is -0.921. The molecule has 0 aliphatic carbocycles. The predicted octanol–water partition coefficient (Wildman–Crippen LogP) is 3.94. The van der Waals surface area contributed by atoms with Crippen molar-refractivity contribution >= 4 is 23.6 Å². The number of hydrogen-bond donors (Lipinski definition) is 1. The van der Waals surface area contributed by atoms with Gasteiger partial charge in [0, 0.05) is 0 Å². The molecule has 0 unspecified atom stereocenters. The largest absolute Gasteiger partial charge is 0.477 e. The standard InChI is InChI=1S/C13H18O3S/c1-3-5-9(6-4-2)11-7-10(8-14)17-12(11)13(15)16/h7-9H,3-6H2,1-2H3,(H,15,16). The number of carbonyl (C=O) groups is 2. The first kappa shape index (κ1) is 13.9. The van der Waals surface area contributed by atoms with Crippen molar-refractivity contribution in [1.82, 2.24) is 0 Å². The summed E-state index contributed by atoms with van der Waals surface area (Å²) in [6.07, 6.45) is 4.73. The van der Waals surface area contributed by atoms with Gasteiger partial charge in [-0.3, -0.25) is 4.79 Å². The average molecular weight is 254 g/mol. The summed E-state index contributed by atoms with van der Waals surface area (Å²) < 4.78 is 0. The van der Waals surface area contributed by atoms with Crippen LogP contribution in [0.1, 0.15) is 70.4 Å². The van der Waals surface area contributed by atoms with Gasteiger partial charge in [0.25, 0.3) is 0 Å². The molecule has 1 rings (SSSR count). The van der Waals surface area contributed by atoms with Gasteiger partial charge in [-0.2, -0.15) is 0 Å². The minimum absolute atomic E-state index is 0.265. The van der Waals surface area contributed by atoms with E-state index in [4.69, 9.17) is 5.11 Å². The molecule has 0 spiro atoms. The van der Waals surface area contributed by atoms with Crippen LogP contribution in [0.5, 0.6) is 0 Å². The van der Waals surface area contributed by atoms with Crippen LogP contribution in [0.2, 0.25) is 0 Å². The van der Waals surface area contributed by atoms with Crippen LogP contribution in [0, 0.1) is 0 Å². The lowest BCUT2D eigenvalue weighted by molar-refractivity contribution is 0.0700. The van der Waals surface area contributed by atoms with Gasteiger partial charge in [-0.05, 0) is 30.4 Å². The molecule has 0 saturated carbocycles. The van der Waals surface area contributed by atoms with Gasteiger partial charge in [-0.15, -0.1) is 11.3 Å². The van der Waals surface area contributed by atoms with Crippen molar-refractivity contribution in [3.8, 4) is 0 Å². The molecular formula is C13H18O3S. The Morgan fingerprint density at radius 3 is 2.41 bits per heavy atom. The van der Waals surface area contributed by atoms with Crippen LogP contribution in [0.4, 0.5) is 0 Å². The molecule has 4 heteroatoms. The molecular weight excluding hydrogens is 236 g/mol. The molecule has 0 aliphatic heterocycles. The second-order valence-electron chi connectivity index (χ2n) is 4.13. The fourth-order valence-electron chi connectivity index (χ4n) is 2.11. The first-order chi connectivity index (χ1) is 8.13. The summed E-state index contributed by atoms with van der Waals surface area (Å²) in [4.78, 5) is 22.8. The Labute approximate surface area is 105 Å². The zero-order valence-electron chi connectivity index (χ0n) is 10.2. The highest BCUT2D eigenvalue weighted by atomic mass is 32.1. The molecule has 0 bridgehead atoms. The summed E-state index contributed by atoms with van der Waals surface area (Å²) in [7, 11) is 0. The molecule has 1 aromatic heterocycles. The van der Waals surface area contributed by atoms with E-state index in [2.05, 4.69) is 13.8 Å². The van der Waals surface area contributed by atoms with Crippen LogP contribution < -0.4 is 0 Å². The maximum absolute atomic E-state index is 11.2. The third kappa shape index (κ3) is 3.40. The fourth-order valence-corrected chi connectivity index (χ4v) is 3.01. The first-order valence-corrected chi connectivity index (χ1v) is 6.77. The van der Waals surface area contributed by atoms with Crippen molar-refractivity contribution in [2.45, 2.75) is 45.4 Å². The summed E-state index contributed by atoms with van der Waals surface area (Å²) in [5.41, 5.74) is 0.841. The highest BCUT2D eigenvalue weighted by Crippen LogP contribution is 2.33. The molecule has 3 nitrogen and oxygen atoms in total.